The molecular weight excluding hydrogens is 542 g/mol. The number of sulfonamides is 1. The van der Waals surface area contributed by atoms with Gasteiger partial charge in [0.25, 0.3) is 0 Å². The Balaban J connectivity index is 1.48. The lowest BCUT2D eigenvalue weighted by Crippen LogP contribution is -2.51. The summed E-state index contributed by atoms with van der Waals surface area (Å²) in [4.78, 5) is 28.8. The highest BCUT2D eigenvalue weighted by Gasteiger charge is 2.30. The van der Waals surface area contributed by atoms with Crippen LogP contribution in [-0.2, 0) is 26.2 Å². The van der Waals surface area contributed by atoms with Crippen LogP contribution in [0.3, 0.4) is 0 Å². The Labute approximate surface area is 244 Å². The van der Waals surface area contributed by atoms with E-state index < -0.39 is 16.1 Å². The molecule has 0 spiro atoms. The van der Waals surface area contributed by atoms with Gasteiger partial charge in [0.15, 0.2) is 11.5 Å². The van der Waals surface area contributed by atoms with Crippen molar-refractivity contribution >= 4 is 27.5 Å². The molecule has 1 fully saturated rings. The van der Waals surface area contributed by atoms with Crippen LogP contribution >= 0.6 is 0 Å². The number of aryl methyl sites for hydroxylation is 1. The number of rotatable bonds is 12. The fraction of sp³-hybridized carbons (Fsp3) is 0.548. The Morgan fingerprint density at radius 3 is 2.44 bits per heavy atom. The molecule has 41 heavy (non-hydrogen) atoms. The van der Waals surface area contributed by atoms with Crippen LogP contribution < -0.4 is 19.1 Å². The highest BCUT2D eigenvalue weighted by Crippen LogP contribution is 2.35. The number of carbonyl (C=O) groups is 2. The van der Waals surface area contributed by atoms with Gasteiger partial charge in [-0.2, -0.15) is 0 Å². The lowest BCUT2D eigenvalue weighted by Gasteiger charge is -2.33. The summed E-state index contributed by atoms with van der Waals surface area (Å²) in [6.07, 6.45) is 7.38. The molecule has 9 nitrogen and oxygen atoms in total. The van der Waals surface area contributed by atoms with Crippen molar-refractivity contribution in [2.75, 3.05) is 30.3 Å². The fourth-order valence-corrected chi connectivity index (χ4v) is 6.62. The third kappa shape index (κ3) is 8.38. The molecule has 2 aromatic rings. The van der Waals surface area contributed by atoms with Crippen LogP contribution in [0.1, 0.15) is 69.4 Å². The lowest BCUT2D eigenvalue weighted by molar-refractivity contribution is -0.141. The summed E-state index contributed by atoms with van der Waals surface area (Å²) >= 11 is 0. The van der Waals surface area contributed by atoms with E-state index in [2.05, 4.69) is 5.32 Å². The molecule has 0 saturated heterocycles. The molecule has 0 radical (unpaired) electrons. The molecule has 10 heteroatoms. The van der Waals surface area contributed by atoms with Crippen molar-refractivity contribution in [3.63, 3.8) is 0 Å². The maximum atomic E-state index is 13.7. The summed E-state index contributed by atoms with van der Waals surface area (Å²) in [7, 11) is -3.62. The SMILES string of the molecule is CCC(C(=O)NC1CCCCC1)N(Cc1cccc(C)c1)C(=O)CCCN(c1ccc2c(c1)OCCO2)S(C)(=O)=O. The van der Waals surface area contributed by atoms with Gasteiger partial charge >= 0.3 is 0 Å². The Bertz CT molecular complexity index is 1310. The maximum Gasteiger partial charge on any atom is 0.243 e. The first kappa shape index (κ1) is 30.7. The average Bonchev–Trinajstić information content (AvgIpc) is 2.95. The van der Waals surface area contributed by atoms with Crippen LogP contribution in [-0.4, -0.2) is 63.2 Å². The molecule has 0 aromatic heterocycles. The molecule has 1 saturated carbocycles. The second-order valence-electron chi connectivity index (χ2n) is 11.0. The van der Waals surface area contributed by atoms with Crippen LogP contribution in [0.4, 0.5) is 5.69 Å². The lowest BCUT2D eigenvalue weighted by atomic mass is 9.95. The van der Waals surface area contributed by atoms with Crippen molar-refractivity contribution in [2.24, 2.45) is 0 Å². The number of hydrogen-bond acceptors (Lipinski definition) is 6. The number of fused-ring (bicyclic) bond motifs is 1. The number of hydrogen-bond donors (Lipinski definition) is 1. The summed E-state index contributed by atoms with van der Waals surface area (Å²) in [6, 6.07) is 12.5. The van der Waals surface area contributed by atoms with Gasteiger partial charge in [0, 0.05) is 31.6 Å². The zero-order valence-electron chi connectivity index (χ0n) is 24.4. The second kappa shape index (κ2) is 14.1. The summed E-state index contributed by atoms with van der Waals surface area (Å²) in [5.41, 5.74) is 2.49. The van der Waals surface area contributed by atoms with Crippen molar-refractivity contribution in [1.29, 1.82) is 0 Å². The first-order valence-electron chi connectivity index (χ1n) is 14.7. The number of carbonyl (C=O) groups excluding carboxylic acids is 2. The summed E-state index contributed by atoms with van der Waals surface area (Å²) < 4.78 is 37.9. The maximum absolute atomic E-state index is 13.7. The standard InChI is InChI=1S/C31H43N3O6S/c1-4-27(31(36)32-25-12-6-5-7-13-25)33(22-24-11-8-10-23(2)20-24)30(35)14-9-17-34(41(3,37)38)26-15-16-28-29(21-26)40-19-18-39-28/h8,10-11,15-16,20-21,25,27H,4-7,9,12-14,17-19,22H2,1-3H3,(H,32,36). The van der Waals surface area contributed by atoms with Gasteiger partial charge in [-0.1, -0.05) is 56.0 Å². The van der Waals surface area contributed by atoms with Gasteiger partial charge in [-0.3, -0.25) is 13.9 Å². The van der Waals surface area contributed by atoms with Crippen molar-refractivity contribution in [2.45, 2.75) is 83.8 Å². The molecule has 2 amide bonds. The minimum atomic E-state index is -3.62. The van der Waals surface area contributed by atoms with Crippen LogP contribution in [0, 0.1) is 6.92 Å². The highest BCUT2D eigenvalue weighted by atomic mass is 32.2. The third-order valence-electron chi connectivity index (χ3n) is 7.74. The number of anilines is 1. The summed E-state index contributed by atoms with van der Waals surface area (Å²) in [6.45, 7) is 5.20. The molecule has 1 unspecified atom stereocenters. The van der Waals surface area contributed by atoms with E-state index >= 15 is 0 Å². The van der Waals surface area contributed by atoms with E-state index in [0.717, 1.165) is 43.1 Å². The van der Waals surface area contributed by atoms with Gasteiger partial charge in [0.1, 0.15) is 19.3 Å². The Morgan fingerprint density at radius 2 is 1.76 bits per heavy atom. The van der Waals surface area contributed by atoms with E-state index in [9.17, 15) is 18.0 Å². The number of nitrogens with one attached hydrogen (secondary N) is 1. The first-order chi connectivity index (χ1) is 19.7. The van der Waals surface area contributed by atoms with Gasteiger partial charge in [-0.25, -0.2) is 8.42 Å². The largest absolute Gasteiger partial charge is 0.486 e. The van der Waals surface area contributed by atoms with Crippen molar-refractivity contribution in [3.8, 4) is 11.5 Å². The quantitative estimate of drug-likeness (QED) is 0.391. The summed E-state index contributed by atoms with van der Waals surface area (Å²) in [5.74, 6) is 0.785. The molecule has 224 valence electrons. The molecular formula is C31H43N3O6S. The van der Waals surface area contributed by atoms with E-state index in [1.807, 2.05) is 38.1 Å². The molecule has 1 N–H and O–H groups in total. The van der Waals surface area contributed by atoms with Gasteiger partial charge in [-0.05, 0) is 50.3 Å². The highest BCUT2D eigenvalue weighted by molar-refractivity contribution is 7.92. The average molecular weight is 586 g/mol. The second-order valence-corrected chi connectivity index (χ2v) is 13.0. The normalized spacial score (nSPS) is 16.1. The van der Waals surface area contributed by atoms with Crippen LogP contribution in [0.5, 0.6) is 11.5 Å². The number of benzene rings is 2. The first-order valence-corrected chi connectivity index (χ1v) is 16.5. The molecule has 1 aliphatic carbocycles. The predicted molar refractivity (Wildman–Crippen MR) is 160 cm³/mol. The molecule has 2 aromatic carbocycles. The molecule has 2 aliphatic rings. The fourth-order valence-electron chi connectivity index (χ4n) is 5.66. The molecule has 4 rings (SSSR count). The summed E-state index contributed by atoms with van der Waals surface area (Å²) in [5, 5.41) is 3.20. The van der Waals surface area contributed by atoms with Crippen molar-refractivity contribution in [3.05, 3.63) is 53.6 Å². The van der Waals surface area contributed by atoms with Crippen molar-refractivity contribution < 1.29 is 27.5 Å². The number of nitrogens with zero attached hydrogens (tertiary/aromatic N) is 2. The minimum Gasteiger partial charge on any atom is -0.486 e. The molecule has 1 aliphatic heterocycles. The molecule has 0 bridgehead atoms. The molecule has 1 atom stereocenters. The predicted octanol–water partition coefficient (Wildman–Crippen LogP) is 4.57. The van der Waals surface area contributed by atoms with Crippen LogP contribution in [0.25, 0.3) is 0 Å². The molecule has 1 heterocycles. The number of amides is 2. The Morgan fingerprint density at radius 1 is 1.02 bits per heavy atom. The van der Waals surface area contributed by atoms with E-state index in [0.29, 0.717) is 49.8 Å². The van der Waals surface area contributed by atoms with E-state index in [1.54, 1.807) is 23.1 Å². The zero-order chi connectivity index (χ0) is 29.4. The Hall–Kier alpha value is -3.27. The topological polar surface area (TPSA) is 105 Å². The van der Waals surface area contributed by atoms with Crippen LogP contribution in [0.2, 0.25) is 0 Å². The minimum absolute atomic E-state index is 0.107. The van der Waals surface area contributed by atoms with Gasteiger partial charge in [-0.15, -0.1) is 0 Å². The Kier molecular flexibility index (Phi) is 10.5. The monoisotopic (exact) mass is 585 g/mol. The number of ether oxygens (including phenoxy) is 2. The smallest absolute Gasteiger partial charge is 0.243 e. The zero-order valence-corrected chi connectivity index (χ0v) is 25.3. The third-order valence-corrected chi connectivity index (χ3v) is 8.93. The van der Waals surface area contributed by atoms with E-state index in [1.165, 1.54) is 10.7 Å². The van der Waals surface area contributed by atoms with E-state index in [-0.39, 0.29) is 30.8 Å². The van der Waals surface area contributed by atoms with Gasteiger partial charge in [0.05, 0.1) is 11.9 Å². The van der Waals surface area contributed by atoms with Crippen molar-refractivity contribution in [1.82, 2.24) is 10.2 Å². The van der Waals surface area contributed by atoms with Gasteiger partial charge in [0.2, 0.25) is 21.8 Å². The van der Waals surface area contributed by atoms with Crippen LogP contribution in [0.15, 0.2) is 42.5 Å². The van der Waals surface area contributed by atoms with E-state index in [4.69, 9.17) is 9.47 Å². The van der Waals surface area contributed by atoms with Gasteiger partial charge < -0.3 is 19.7 Å².